The Hall–Kier alpha value is -2.55. The first-order valence-electron chi connectivity index (χ1n) is 8.65. The number of hydrogen-bond donors (Lipinski definition) is 1. The van der Waals surface area contributed by atoms with Crippen LogP contribution in [0.1, 0.15) is 43.0 Å². The van der Waals surface area contributed by atoms with Gasteiger partial charge in [-0.05, 0) is 30.5 Å². The Morgan fingerprint density at radius 1 is 1.00 bits per heavy atom. The van der Waals surface area contributed by atoms with Crippen molar-refractivity contribution in [2.75, 3.05) is 0 Å². The Labute approximate surface area is 141 Å². The largest absolute Gasteiger partial charge is 0.459 e. The van der Waals surface area contributed by atoms with Crippen molar-refractivity contribution in [2.24, 2.45) is 5.92 Å². The van der Waals surface area contributed by atoms with E-state index in [-0.39, 0.29) is 17.9 Å². The Morgan fingerprint density at radius 3 is 2.46 bits per heavy atom. The van der Waals surface area contributed by atoms with Crippen LogP contribution in [0.5, 0.6) is 0 Å². The van der Waals surface area contributed by atoms with Crippen LogP contribution in [-0.2, 0) is 4.79 Å². The monoisotopic (exact) mass is 319 g/mol. The summed E-state index contributed by atoms with van der Waals surface area (Å²) in [5.74, 6) is 1.07. The van der Waals surface area contributed by atoms with Crippen molar-refractivity contribution >= 4 is 16.9 Å². The summed E-state index contributed by atoms with van der Waals surface area (Å²) in [5, 5.41) is 4.28. The fourth-order valence-electron chi connectivity index (χ4n) is 3.56. The minimum Gasteiger partial charge on any atom is -0.459 e. The van der Waals surface area contributed by atoms with Crippen LogP contribution < -0.4 is 5.32 Å². The van der Waals surface area contributed by atoms with Gasteiger partial charge in [-0.3, -0.25) is 4.79 Å². The molecule has 1 amide bonds. The highest BCUT2D eigenvalue weighted by Gasteiger charge is 2.27. The number of nitrogens with one attached hydrogen (secondary N) is 1. The molecule has 0 saturated heterocycles. The van der Waals surface area contributed by atoms with Gasteiger partial charge in [0.15, 0.2) is 0 Å². The average molecular weight is 319 g/mol. The molecule has 3 aromatic rings. The van der Waals surface area contributed by atoms with Gasteiger partial charge in [0, 0.05) is 11.3 Å². The third kappa shape index (κ3) is 2.94. The molecule has 122 valence electrons. The van der Waals surface area contributed by atoms with Crippen LogP contribution in [0.4, 0.5) is 0 Å². The van der Waals surface area contributed by atoms with E-state index in [0.29, 0.717) is 0 Å². The Bertz CT molecular complexity index is 798. The molecule has 1 fully saturated rings. The van der Waals surface area contributed by atoms with Crippen LogP contribution >= 0.6 is 0 Å². The molecule has 1 unspecified atom stereocenters. The van der Waals surface area contributed by atoms with Crippen LogP contribution in [0, 0.1) is 5.92 Å². The molecule has 0 bridgehead atoms. The van der Waals surface area contributed by atoms with Gasteiger partial charge in [0.1, 0.15) is 17.4 Å². The zero-order chi connectivity index (χ0) is 16.4. The van der Waals surface area contributed by atoms with Gasteiger partial charge >= 0.3 is 0 Å². The summed E-state index contributed by atoms with van der Waals surface area (Å²) in [6.45, 7) is 0. The molecule has 1 aromatic heterocycles. The standard InChI is InChI=1S/C21H21NO2/c23-21(16-10-4-5-11-16)22-20(15-8-2-1-3-9-15)19-14-17-12-6-7-13-18(17)24-19/h1-3,6-9,12-14,16,20H,4-5,10-11H2,(H,22,23). The number of amides is 1. The second-order valence-corrected chi connectivity index (χ2v) is 6.52. The average Bonchev–Trinajstić information content (AvgIpc) is 3.29. The number of carbonyl (C=O) groups is 1. The maximum atomic E-state index is 12.7. The van der Waals surface area contributed by atoms with Crippen molar-refractivity contribution in [1.82, 2.24) is 5.32 Å². The van der Waals surface area contributed by atoms with Crippen LogP contribution in [0.3, 0.4) is 0 Å². The molecule has 1 saturated carbocycles. The highest BCUT2D eigenvalue weighted by Crippen LogP contribution is 2.30. The Kier molecular flexibility index (Phi) is 4.08. The van der Waals surface area contributed by atoms with Gasteiger partial charge in [0.05, 0.1) is 0 Å². The third-order valence-electron chi connectivity index (χ3n) is 4.87. The predicted molar refractivity (Wildman–Crippen MR) is 94.6 cm³/mol. The molecule has 0 aliphatic heterocycles. The molecule has 1 atom stereocenters. The highest BCUT2D eigenvalue weighted by molar-refractivity contribution is 5.81. The molecule has 3 nitrogen and oxygen atoms in total. The summed E-state index contributed by atoms with van der Waals surface area (Å²) < 4.78 is 6.03. The first-order chi connectivity index (χ1) is 11.8. The molecule has 0 radical (unpaired) electrons. The van der Waals surface area contributed by atoms with Gasteiger partial charge in [-0.25, -0.2) is 0 Å². The van der Waals surface area contributed by atoms with E-state index in [0.717, 1.165) is 48.0 Å². The number of benzene rings is 2. The number of fused-ring (bicyclic) bond motifs is 1. The summed E-state index contributed by atoms with van der Waals surface area (Å²) >= 11 is 0. The molecule has 2 aromatic carbocycles. The zero-order valence-electron chi connectivity index (χ0n) is 13.6. The SMILES string of the molecule is O=C(NC(c1ccccc1)c1cc2ccccc2o1)C1CCCC1. The quantitative estimate of drug-likeness (QED) is 0.748. The summed E-state index contributed by atoms with van der Waals surface area (Å²) in [4.78, 5) is 12.7. The van der Waals surface area contributed by atoms with E-state index in [2.05, 4.69) is 5.32 Å². The van der Waals surface area contributed by atoms with Crippen molar-refractivity contribution in [1.29, 1.82) is 0 Å². The highest BCUT2D eigenvalue weighted by atomic mass is 16.3. The van der Waals surface area contributed by atoms with Crippen molar-refractivity contribution in [3.05, 3.63) is 72.0 Å². The van der Waals surface area contributed by atoms with E-state index in [1.54, 1.807) is 0 Å². The van der Waals surface area contributed by atoms with E-state index >= 15 is 0 Å². The third-order valence-corrected chi connectivity index (χ3v) is 4.87. The van der Waals surface area contributed by atoms with Gasteiger partial charge in [-0.15, -0.1) is 0 Å². The van der Waals surface area contributed by atoms with Gasteiger partial charge < -0.3 is 9.73 Å². The van der Waals surface area contributed by atoms with E-state index in [4.69, 9.17) is 4.42 Å². The molecule has 0 spiro atoms. The van der Waals surface area contributed by atoms with Crippen molar-refractivity contribution in [2.45, 2.75) is 31.7 Å². The summed E-state index contributed by atoms with van der Waals surface area (Å²) in [7, 11) is 0. The lowest BCUT2D eigenvalue weighted by Crippen LogP contribution is -2.33. The maximum Gasteiger partial charge on any atom is 0.223 e. The molecular formula is C21H21NO2. The van der Waals surface area contributed by atoms with Gasteiger partial charge in [0.25, 0.3) is 0 Å². The van der Waals surface area contributed by atoms with Gasteiger partial charge in [-0.1, -0.05) is 61.4 Å². The molecule has 1 aliphatic carbocycles. The maximum absolute atomic E-state index is 12.7. The number of furan rings is 1. The van der Waals surface area contributed by atoms with Crippen molar-refractivity contribution < 1.29 is 9.21 Å². The second-order valence-electron chi connectivity index (χ2n) is 6.52. The van der Waals surface area contributed by atoms with Crippen LogP contribution in [0.15, 0.2) is 65.1 Å². The second kappa shape index (κ2) is 6.52. The lowest BCUT2D eigenvalue weighted by atomic mass is 10.0. The lowest BCUT2D eigenvalue weighted by molar-refractivity contribution is -0.125. The molecule has 1 N–H and O–H groups in total. The van der Waals surface area contributed by atoms with Gasteiger partial charge in [0.2, 0.25) is 5.91 Å². The normalized spacial score (nSPS) is 16.3. The number of carbonyl (C=O) groups excluding carboxylic acids is 1. The topological polar surface area (TPSA) is 42.2 Å². The van der Waals surface area contributed by atoms with Crippen LogP contribution in [0.2, 0.25) is 0 Å². The smallest absolute Gasteiger partial charge is 0.223 e. The summed E-state index contributed by atoms with van der Waals surface area (Å²) in [6.07, 6.45) is 4.29. The first kappa shape index (κ1) is 15.0. The van der Waals surface area contributed by atoms with Crippen LogP contribution in [-0.4, -0.2) is 5.91 Å². The molecule has 24 heavy (non-hydrogen) atoms. The van der Waals surface area contributed by atoms with E-state index in [1.807, 2.05) is 60.7 Å². The lowest BCUT2D eigenvalue weighted by Gasteiger charge is -2.19. The van der Waals surface area contributed by atoms with Crippen molar-refractivity contribution in [3.8, 4) is 0 Å². The minimum atomic E-state index is -0.244. The Balaban J connectivity index is 1.68. The predicted octanol–water partition coefficient (Wildman–Crippen LogP) is 4.83. The molecule has 1 aliphatic rings. The first-order valence-corrected chi connectivity index (χ1v) is 8.65. The summed E-state index contributed by atoms with van der Waals surface area (Å²) in [5.41, 5.74) is 1.89. The van der Waals surface area contributed by atoms with Gasteiger partial charge in [-0.2, -0.15) is 0 Å². The number of hydrogen-bond acceptors (Lipinski definition) is 2. The molecular weight excluding hydrogens is 298 g/mol. The number of para-hydroxylation sites is 1. The fraction of sp³-hybridized carbons (Fsp3) is 0.286. The van der Waals surface area contributed by atoms with Crippen molar-refractivity contribution in [3.63, 3.8) is 0 Å². The van der Waals surface area contributed by atoms with E-state index in [9.17, 15) is 4.79 Å². The number of rotatable bonds is 4. The minimum absolute atomic E-state index is 0.139. The molecule has 4 rings (SSSR count). The summed E-state index contributed by atoms with van der Waals surface area (Å²) in [6, 6.07) is 19.8. The fourth-order valence-corrected chi connectivity index (χ4v) is 3.56. The zero-order valence-corrected chi connectivity index (χ0v) is 13.6. The van der Waals surface area contributed by atoms with E-state index < -0.39 is 0 Å². The molecule has 3 heteroatoms. The Morgan fingerprint density at radius 2 is 1.71 bits per heavy atom. The van der Waals surface area contributed by atoms with E-state index in [1.165, 1.54) is 0 Å². The van der Waals surface area contributed by atoms with Crippen LogP contribution in [0.25, 0.3) is 11.0 Å². The molecule has 1 heterocycles.